The van der Waals surface area contributed by atoms with Gasteiger partial charge in [-0.15, -0.1) is 0 Å². The van der Waals surface area contributed by atoms with E-state index in [9.17, 15) is 0 Å². The van der Waals surface area contributed by atoms with Crippen molar-refractivity contribution in [1.82, 2.24) is 5.32 Å². The topological polar surface area (TPSA) is 21.3 Å². The third-order valence-electron chi connectivity index (χ3n) is 3.82. The molecule has 0 aliphatic carbocycles. The Balaban J connectivity index is 2.13. The van der Waals surface area contributed by atoms with Crippen molar-refractivity contribution in [3.8, 4) is 5.75 Å². The predicted molar refractivity (Wildman–Crippen MR) is 85.8 cm³/mol. The average molecular weight is 296 g/mol. The molecule has 0 fully saturated rings. The Bertz CT molecular complexity index is 445. The molecule has 0 radical (unpaired) electrons. The molecule has 0 aromatic heterocycles. The van der Waals surface area contributed by atoms with Gasteiger partial charge in [-0.05, 0) is 61.0 Å². The van der Waals surface area contributed by atoms with Crippen molar-refractivity contribution < 1.29 is 4.74 Å². The van der Waals surface area contributed by atoms with Crippen LogP contribution in [0.3, 0.4) is 0 Å². The summed E-state index contributed by atoms with van der Waals surface area (Å²) in [6.07, 6.45) is 3.27. The van der Waals surface area contributed by atoms with Crippen LogP contribution >= 0.6 is 11.6 Å². The molecule has 0 bridgehead atoms. The molecule has 2 rings (SSSR count). The zero-order chi connectivity index (χ0) is 14.5. The van der Waals surface area contributed by atoms with Crippen molar-refractivity contribution in [2.24, 2.45) is 11.8 Å². The number of halogens is 1. The highest BCUT2D eigenvalue weighted by molar-refractivity contribution is 6.30. The van der Waals surface area contributed by atoms with E-state index < -0.39 is 0 Å². The Hall–Kier alpha value is -0.730. The summed E-state index contributed by atoms with van der Waals surface area (Å²) < 4.78 is 5.82. The van der Waals surface area contributed by atoms with E-state index in [0.717, 1.165) is 43.3 Å². The summed E-state index contributed by atoms with van der Waals surface area (Å²) in [4.78, 5) is 0. The lowest BCUT2D eigenvalue weighted by molar-refractivity contribution is 0.344. The summed E-state index contributed by atoms with van der Waals surface area (Å²) in [6.45, 7) is 9.63. The Morgan fingerprint density at radius 1 is 1.35 bits per heavy atom. The van der Waals surface area contributed by atoms with Crippen LogP contribution in [0, 0.1) is 11.8 Å². The van der Waals surface area contributed by atoms with Crippen molar-refractivity contribution in [2.45, 2.75) is 40.0 Å². The molecule has 1 unspecified atom stereocenters. The van der Waals surface area contributed by atoms with Crippen LogP contribution < -0.4 is 10.1 Å². The first kappa shape index (κ1) is 15.7. The third-order valence-corrected chi connectivity index (χ3v) is 4.04. The lowest BCUT2D eigenvalue weighted by Gasteiger charge is -2.21. The van der Waals surface area contributed by atoms with Gasteiger partial charge in [0.25, 0.3) is 0 Å². The molecule has 2 nitrogen and oxygen atoms in total. The highest BCUT2D eigenvalue weighted by Gasteiger charge is 2.20. The summed E-state index contributed by atoms with van der Waals surface area (Å²) in [5.41, 5.74) is 2.56. The number of nitrogens with one attached hydrogen (secondary N) is 1. The van der Waals surface area contributed by atoms with Crippen molar-refractivity contribution >= 4 is 11.6 Å². The Morgan fingerprint density at radius 2 is 2.15 bits per heavy atom. The summed E-state index contributed by atoms with van der Waals surface area (Å²) in [6, 6.07) is 4.14. The van der Waals surface area contributed by atoms with Crippen LogP contribution in [-0.4, -0.2) is 19.7 Å². The quantitative estimate of drug-likeness (QED) is 0.818. The molecule has 1 aromatic carbocycles. The van der Waals surface area contributed by atoms with E-state index in [1.807, 2.05) is 0 Å². The fourth-order valence-electron chi connectivity index (χ4n) is 3.06. The second kappa shape index (κ2) is 7.33. The molecule has 0 saturated heterocycles. The Kier molecular flexibility index (Phi) is 5.74. The van der Waals surface area contributed by atoms with E-state index in [2.05, 4.69) is 38.2 Å². The first-order chi connectivity index (χ1) is 9.60. The van der Waals surface area contributed by atoms with Crippen molar-refractivity contribution in [3.63, 3.8) is 0 Å². The van der Waals surface area contributed by atoms with Gasteiger partial charge in [0.05, 0.1) is 6.61 Å². The molecular formula is C17H26ClNO. The smallest absolute Gasteiger partial charge is 0.125 e. The highest BCUT2D eigenvalue weighted by atomic mass is 35.5. The molecule has 112 valence electrons. The van der Waals surface area contributed by atoms with Crippen LogP contribution in [0.4, 0.5) is 0 Å². The van der Waals surface area contributed by atoms with Crippen molar-refractivity contribution in [2.75, 3.05) is 19.7 Å². The molecule has 0 amide bonds. The van der Waals surface area contributed by atoms with Gasteiger partial charge in [-0.25, -0.2) is 0 Å². The van der Waals surface area contributed by atoms with Gasteiger partial charge in [-0.3, -0.25) is 0 Å². The van der Waals surface area contributed by atoms with E-state index in [1.165, 1.54) is 17.5 Å². The summed E-state index contributed by atoms with van der Waals surface area (Å²) in [5, 5.41) is 4.33. The second-order valence-electron chi connectivity index (χ2n) is 6.16. The molecule has 3 heteroatoms. The minimum atomic E-state index is 0.640. The van der Waals surface area contributed by atoms with Gasteiger partial charge in [0, 0.05) is 11.4 Å². The zero-order valence-corrected chi connectivity index (χ0v) is 13.6. The molecule has 1 aromatic rings. The molecule has 20 heavy (non-hydrogen) atoms. The molecule has 1 heterocycles. The van der Waals surface area contributed by atoms with Crippen LogP contribution in [0.2, 0.25) is 5.02 Å². The lowest BCUT2D eigenvalue weighted by atomic mass is 9.90. The zero-order valence-electron chi connectivity index (χ0n) is 12.8. The summed E-state index contributed by atoms with van der Waals surface area (Å²) in [7, 11) is 0. The molecule has 1 N–H and O–H groups in total. The minimum Gasteiger partial charge on any atom is -0.493 e. The first-order valence-electron chi connectivity index (χ1n) is 7.75. The SMILES string of the molecule is CCNCC(Cc1cc(Cl)cc2c1OCC2)CC(C)C. The van der Waals surface area contributed by atoms with Crippen LogP contribution in [0.5, 0.6) is 5.75 Å². The highest BCUT2D eigenvalue weighted by Crippen LogP contribution is 2.34. The van der Waals surface area contributed by atoms with Gasteiger partial charge in [-0.1, -0.05) is 32.4 Å². The predicted octanol–water partition coefficient (Wildman–Crippen LogP) is 4.09. The van der Waals surface area contributed by atoms with Crippen LogP contribution in [-0.2, 0) is 12.8 Å². The molecule has 1 atom stereocenters. The average Bonchev–Trinajstić information content (AvgIpc) is 2.83. The summed E-state index contributed by atoms with van der Waals surface area (Å²) >= 11 is 6.25. The van der Waals surface area contributed by atoms with Crippen molar-refractivity contribution in [3.05, 3.63) is 28.3 Å². The van der Waals surface area contributed by atoms with Crippen LogP contribution in [0.25, 0.3) is 0 Å². The van der Waals surface area contributed by atoms with Gasteiger partial charge in [0.15, 0.2) is 0 Å². The van der Waals surface area contributed by atoms with Crippen molar-refractivity contribution in [1.29, 1.82) is 0 Å². The Morgan fingerprint density at radius 3 is 2.85 bits per heavy atom. The minimum absolute atomic E-state index is 0.640. The van der Waals surface area contributed by atoms with Crippen LogP contribution in [0.15, 0.2) is 12.1 Å². The van der Waals surface area contributed by atoms with E-state index in [-0.39, 0.29) is 0 Å². The number of benzene rings is 1. The maximum Gasteiger partial charge on any atom is 0.125 e. The maximum atomic E-state index is 6.25. The largest absolute Gasteiger partial charge is 0.493 e. The molecule has 0 saturated carbocycles. The van der Waals surface area contributed by atoms with Crippen LogP contribution in [0.1, 0.15) is 38.3 Å². The third kappa shape index (κ3) is 4.13. The van der Waals surface area contributed by atoms with Gasteiger partial charge in [-0.2, -0.15) is 0 Å². The molecule has 0 spiro atoms. The summed E-state index contributed by atoms with van der Waals surface area (Å²) in [5.74, 6) is 2.45. The van der Waals surface area contributed by atoms with Gasteiger partial charge in [0.1, 0.15) is 5.75 Å². The fourth-order valence-corrected chi connectivity index (χ4v) is 3.33. The first-order valence-corrected chi connectivity index (χ1v) is 8.12. The monoisotopic (exact) mass is 295 g/mol. The van der Waals surface area contributed by atoms with Gasteiger partial charge in [0.2, 0.25) is 0 Å². The lowest BCUT2D eigenvalue weighted by Crippen LogP contribution is -2.25. The number of hydrogen-bond donors (Lipinski definition) is 1. The van der Waals surface area contributed by atoms with E-state index >= 15 is 0 Å². The number of ether oxygens (including phenoxy) is 1. The van der Waals surface area contributed by atoms with Gasteiger partial charge < -0.3 is 10.1 Å². The molecule has 1 aliphatic rings. The number of fused-ring (bicyclic) bond motifs is 1. The standard InChI is InChI=1S/C17H26ClNO/c1-4-19-11-13(7-12(2)3)8-15-10-16(18)9-14-5-6-20-17(14)15/h9-10,12-13,19H,4-8,11H2,1-3H3. The van der Waals surface area contributed by atoms with E-state index in [0.29, 0.717) is 11.8 Å². The number of hydrogen-bond acceptors (Lipinski definition) is 2. The second-order valence-corrected chi connectivity index (χ2v) is 6.60. The van der Waals surface area contributed by atoms with E-state index in [1.54, 1.807) is 0 Å². The maximum absolute atomic E-state index is 6.25. The number of rotatable bonds is 7. The fraction of sp³-hybridized carbons (Fsp3) is 0.647. The van der Waals surface area contributed by atoms with E-state index in [4.69, 9.17) is 16.3 Å². The molecular weight excluding hydrogens is 270 g/mol. The normalized spacial score (nSPS) is 15.2. The Labute approximate surface area is 127 Å². The molecule has 1 aliphatic heterocycles. The van der Waals surface area contributed by atoms with Gasteiger partial charge >= 0.3 is 0 Å².